The SMILES string of the molecule is CNC(=O)c1cccc(CCNC(=O)NCCCC(=O)O)c1. The molecule has 0 saturated heterocycles. The van der Waals surface area contributed by atoms with Crippen LogP contribution < -0.4 is 16.0 Å². The fourth-order valence-corrected chi connectivity index (χ4v) is 1.84. The van der Waals surface area contributed by atoms with Gasteiger partial charge in [-0.05, 0) is 30.5 Å². The predicted octanol–water partition coefficient (Wildman–Crippen LogP) is 0.753. The quantitative estimate of drug-likeness (QED) is 0.532. The maximum atomic E-state index is 11.5. The van der Waals surface area contributed by atoms with Gasteiger partial charge in [0, 0.05) is 32.1 Å². The molecular formula is C15H21N3O4. The van der Waals surface area contributed by atoms with Crippen LogP contribution in [-0.4, -0.2) is 43.2 Å². The Hall–Kier alpha value is -2.57. The van der Waals surface area contributed by atoms with Crippen molar-refractivity contribution in [2.24, 2.45) is 0 Å². The number of benzene rings is 1. The summed E-state index contributed by atoms with van der Waals surface area (Å²) in [7, 11) is 1.57. The minimum absolute atomic E-state index is 0.0343. The summed E-state index contributed by atoms with van der Waals surface area (Å²) < 4.78 is 0. The average Bonchev–Trinajstić information content (AvgIpc) is 2.51. The molecule has 1 aromatic rings. The summed E-state index contributed by atoms with van der Waals surface area (Å²) in [6.45, 7) is 0.756. The second-order valence-electron chi connectivity index (χ2n) is 4.71. The van der Waals surface area contributed by atoms with Crippen LogP contribution in [0.25, 0.3) is 0 Å². The second-order valence-corrected chi connectivity index (χ2v) is 4.71. The zero-order valence-electron chi connectivity index (χ0n) is 12.5. The molecule has 3 amide bonds. The number of hydrogen-bond donors (Lipinski definition) is 4. The molecule has 0 fully saturated rings. The van der Waals surface area contributed by atoms with Gasteiger partial charge in [0.2, 0.25) is 0 Å². The molecule has 0 aromatic heterocycles. The van der Waals surface area contributed by atoms with Gasteiger partial charge in [0.1, 0.15) is 0 Å². The molecule has 0 spiro atoms. The van der Waals surface area contributed by atoms with Crippen molar-refractivity contribution >= 4 is 17.9 Å². The van der Waals surface area contributed by atoms with E-state index in [9.17, 15) is 14.4 Å². The highest BCUT2D eigenvalue weighted by Gasteiger charge is 2.04. The van der Waals surface area contributed by atoms with E-state index in [0.29, 0.717) is 31.5 Å². The standard InChI is InChI=1S/C15H21N3O4/c1-16-14(21)12-5-2-4-11(10-12)7-9-18-15(22)17-8-3-6-13(19)20/h2,4-5,10H,3,6-9H2,1H3,(H,16,21)(H,19,20)(H2,17,18,22). The van der Waals surface area contributed by atoms with E-state index in [0.717, 1.165) is 5.56 Å². The lowest BCUT2D eigenvalue weighted by atomic mass is 10.1. The highest BCUT2D eigenvalue weighted by atomic mass is 16.4. The topological polar surface area (TPSA) is 108 Å². The van der Waals surface area contributed by atoms with Crippen molar-refractivity contribution in [1.29, 1.82) is 0 Å². The second kappa shape index (κ2) is 9.38. The van der Waals surface area contributed by atoms with Gasteiger partial charge in [-0.3, -0.25) is 9.59 Å². The molecule has 0 aliphatic carbocycles. The fourth-order valence-electron chi connectivity index (χ4n) is 1.84. The first kappa shape index (κ1) is 17.5. The van der Waals surface area contributed by atoms with Crippen molar-refractivity contribution in [1.82, 2.24) is 16.0 Å². The average molecular weight is 307 g/mol. The summed E-state index contributed by atoms with van der Waals surface area (Å²) in [4.78, 5) is 33.3. The monoisotopic (exact) mass is 307 g/mol. The van der Waals surface area contributed by atoms with Crippen LogP contribution in [0, 0.1) is 0 Å². The zero-order chi connectivity index (χ0) is 16.4. The number of nitrogens with one attached hydrogen (secondary N) is 3. The minimum Gasteiger partial charge on any atom is -0.481 e. The van der Waals surface area contributed by atoms with E-state index < -0.39 is 5.97 Å². The van der Waals surface area contributed by atoms with Crippen LogP contribution in [0.3, 0.4) is 0 Å². The molecule has 7 heteroatoms. The largest absolute Gasteiger partial charge is 0.481 e. The Kier molecular flexibility index (Phi) is 7.45. The van der Waals surface area contributed by atoms with Crippen molar-refractivity contribution < 1.29 is 19.5 Å². The zero-order valence-corrected chi connectivity index (χ0v) is 12.5. The number of urea groups is 1. The number of rotatable bonds is 8. The van der Waals surface area contributed by atoms with Gasteiger partial charge < -0.3 is 21.1 Å². The van der Waals surface area contributed by atoms with Gasteiger partial charge in [0.25, 0.3) is 5.91 Å². The highest BCUT2D eigenvalue weighted by molar-refractivity contribution is 5.94. The summed E-state index contributed by atoms with van der Waals surface area (Å²) in [5, 5.41) is 16.3. The smallest absolute Gasteiger partial charge is 0.314 e. The molecule has 0 radical (unpaired) electrons. The van der Waals surface area contributed by atoms with E-state index in [1.807, 2.05) is 6.07 Å². The first-order valence-corrected chi connectivity index (χ1v) is 7.07. The Labute approximate surface area is 129 Å². The number of amides is 3. The molecule has 0 unspecified atom stereocenters. The number of carboxylic acid groups (broad SMARTS) is 1. The molecule has 4 N–H and O–H groups in total. The van der Waals surface area contributed by atoms with Gasteiger partial charge in [-0.25, -0.2) is 4.79 Å². The van der Waals surface area contributed by atoms with Crippen LogP contribution in [0.1, 0.15) is 28.8 Å². The van der Waals surface area contributed by atoms with Crippen LogP contribution in [0.15, 0.2) is 24.3 Å². The number of carbonyl (C=O) groups excluding carboxylic acids is 2. The first-order chi connectivity index (χ1) is 10.5. The van der Waals surface area contributed by atoms with Crippen molar-refractivity contribution in [2.45, 2.75) is 19.3 Å². The number of hydrogen-bond acceptors (Lipinski definition) is 3. The van der Waals surface area contributed by atoms with E-state index in [4.69, 9.17) is 5.11 Å². The Morgan fingerprint density at radius 1 is 1.14 bits per heavy atom. The van der Waals surface area contributed by atoms with E-state index >= 15 is 0 Å². The maximum Gasteiger partial charge on any atom is 0.314 e. The van der Waals surface area contributed by atoms with Crippen LogP contribution in [0.4, 0.5) is 4.79 Å². The molecule has 0 aliphatic rings. The molecule has 1 rings (SSSR count). The molecule has 0 atom stereocenters. The van der Waals surface area contributed by atoms with E-state index in [1.54, 1.807) is 25.2 Å². The molecule has 0 bridgehead atoms. The first-order valence-electron chi connectivity index (χ1n) is 7.07. The molecule has 0 heterocycles. The van der Waals surface area contributed by atoms with Gasteiger partial charge in [-0.15, -0.1) is 0 Å². The van der Waals surface area contributed by atoms with Crippen LogP contribution in [-0.2, 0) is 11.2 Å². The van der Waals surface area contributed by atoms with Crippen LogP contribution in [0.5, 0.6) is 0 Å². The van der Waals surface area contributed by atoms with Crippen LogP contribution >= 0.6 is 0 Å². The van der Waals surface area contributed by atoms with E-state index in [2.05, 4.69) is 16.0 Å². The summed E-state index contributed by atoms with van der Waals surface area (Å²) in [6.07, 6.45) is 1.04. The molecule has 1 aromatic carbocycles. The Morgan fingerprint density at radius 2 is 1.86 bits per heavy atom. The maximum absolute atomic E-state index is 11.5. The Morgan fingerprint density at radius 3 is 2.55 bits per heavy atom. The summed E-state index contributed by atoms with van der Waals surface area (Å²) in [5.74, 6) is -1.02. The molecule has 7 nitrogen and oxygen atoms in total. The van der Waals surface area contributed by atoms with Crippen molar-refractivity contribution in [2.75, 3.05) is 20.1 Å². The number of carbonyl (C=O) groups is 3. The molecule has 0 aliphatic heterocycles. The fraction of sp³-hybridized carbons (Fsp3) is 0.400. The van der Waals surface area contributed by atoms with E-state index in [1.165, 1.54) is 0 Å². The van der Waals surface area contributed by atoms with Crippen molar-refractivity contribution in [3.63, 3.8) is 0 Å². The molecule has 22 heavy (non-hydrogen) atoms. The minimum atomic E-state index is -0.877. The summed E-state index contributed by atoms with van der Waals surface area (Å²) >= 11 is 0. The Bertz CT molecular complexity index is 531. The lowest BCUT2D eigenvalue weighted by Crippen LogP contribution is -2.37. The van der Waals surface area contributed by atoms with Gasteiger partial charge in [-0.1, -0.05) is 12.1 Å². The third-order valence-corrected chi connectivity index (χ3v) is 2.97. The van der Waals surface area contributed by atoms with Gasteiger partial charge in [-0.2, -0.15) is 0 Å². The van der Waals surface area contributed by atoms with Gasteiger partial charge in [0.05, 0.1) is 0 Å². The lowest BCUT2D eigenvalue weighted by molar-refractivity contribution is -0.137. The number of aliphatic carboxylic acids is 1. The normalized spacial score (nSPS) is 9.86. The predicted molar refractivity (Wildman–Crippen MR) is 81.8 cm³/mol. The van der Waals surface area contributed by atoms with Crippen LogP contribution in [0.2, 0.25) is 0 Å². The third kappa shape index (κ3) is 6.74. The van der Waals surface area contributed by atoms with E-state index in [-0.39, 0.29) is 18.4 Å². The van der Waals surface area contributed by atoms with Crippen molar-refractivity contribution in [3.05, 3.63) is 35.4 Å². The van der Waals surface area contributed by atoms with Gasteiger partial charge >= 0.3 is 12.0 Å². The lowest BCUT2D eigenvalue weighted by Gasteiger charge is -2.08. The van der Waals surface area contributed by atoms with Crippen molar-refractivity contribution in [3.8, 4) is 0 Å². The highest BCUT2D eigenvalue weighted by Crippen LogP contribution is 2.05. The molecule has 120 valence electrons. The molecule has 0 saturated carbocycles. The Balaban J connectivity index is 2.27. The summed E-state index contributed by atoms with van der Waals surface area (Å²) in [6, 6.07) is 6.87. The number of carboxylic acids is 1. The third-order valence-electron chi connectivity index (χ3n) is 2.97. The van der Waals surface area contributed by atoms with Gasteiger partial charge in [0.15, 0.2) is 0 Å². The molecular weight excluding hydrogens is 286 g/mol. The summed E-state index contributed by atoms with van der Waals surface area (Å²) in [5.41, 5.74) is 1.53.